The first-order valence-corrected chi connectivity index (χ1v) is 3.24. The van der Waals surface area contributed by atoms with Gasteiger partial charge in [0.25, 0.3) is 0 Å². The maximum atomic E-state index is 10.6. The lowest BCUT2D eigenvalue weighted by atomic mass is 10.2. The second-order valence-electron chi connectivity index (χ2n) is 1.95. The lowest BCUT2D eigenvalue weighted by Gasteiger charge is -1.92. The van der Waals surface area contributed by atoms with Crippen LogP contribution in [0.15, 0.2) is 4.99 Å². The van der Waals surface area contributed by atoms with Crippen LogP contribution in [0, 0.1) is 0 Å². The summed E-state index contributed by atoms with van der Waals surface area (Å²) in [4.78, 5) is 14.3. The van der Waals surface area contributed by atoms with Gasteiger partial charge >= 0.3 is 0 Å². The minimum Gasteiger partial charge on any atom is -0.370 e. The normalized spacial score (nSPS) is 8.90. The second kappa shape index (κ2) is 4.78. The number of nitrogens with two attached hydrogens (primary N) is 2. The van der Waals surface area contributed by atoms with Crippen molar-refractivity contribution in [2.45, 2.75) is 19.8 Å². The summed E-state index contributed by atoms with van der Waals surface area (Å²) in [5, 5.41) is 0. The molecule has 4 N–H and O–H groups in total. The van der Waals surface area contributed by atoms with Crippen LogP contribution in [0.25, 0.3) is 0 Å². The number of carbonyl (C=O) groups excluding carboxylic acids is 1. The molecule has 58 valence electrons. The topological polar surface area (TPSA) is 81.5 Å². The molecule has 0 amide bonds. The van der Waals surface area contributed by atoms with Gasteiger partial charge in [-0.2, -0.15) is 0 Å². The lowest BCUT2D eigenvalue weighted by molar-refractivity contribution is -0.118. The summed E-state index contributed by atoms with van der Waals surface area (Å²) >= 11 is 0. The third kappa shape index (κ3) is 5.08. The number of rotatable bonds is 4. The Balaban J connectivity index is 3.37. The van der Waals surface area contributed by atoms with Crippen LogP contribution in [-0.2, 0) is 4.79 Å². The molecule has 0 aliphatic carbocycles. The van der Waals surface area contributed by atoms with Gasteiger partial charge in [-0.05, 0) is 0 Å². The van der Waals surface area contributed by atoms with E-state index in [2.05, 4.69) is 4.99 Å². The Morgan fingerprint density at radius 2 is 2.10 bits per heavy atom. The summed E-state index contributed by atoms with van der Waals surface area (Å²) in [5.74, 6) is 0.230. The molecule has 0 bridgehead atoms. The molecule has 10 heavy (non-hydrogen) atoms. The van der Waals surface area contributed by atoms with Crippen molar-refractivity contribution in [3.63, 3.8) is 0 Å². The van der Waals surface area contributed by atoms with E-state index in [1.807, 2.05) is 6.92 Å². The summed E-state index contributed by atoms with van der Waals surface area (Å²) in [5.41, 5.74) is 10.1. The van der Waals surface area contributed by atoms with Crippen LogP contribution in [-0.4, -0.2) is 18.3 Å². The standard InChI is InChI=1S/C6H13N3O/c1-2-5(10)3-4-9-6(7)8/h2-4H2,1H3,(H4,7,8,9). The summed E-state index contributed by atoms with van der Waals surface area (Å²) in [6, 6.07) is 0. The number of carbonyl (C=O) groups is 1. The summed E-state index contributed by atoms with van der Waals surface area (Å²) in [6.45, 7) is 2.23. The lowest BCUT2D eigenvalue weighted by Crippen LogP contribution is -2.23. The van der Waals surface area contributed by atoms with Crippen molar-refractivity contribution in [3.8, 4) is 0 Å². The molecule has 0 aliphatic rings. The number of guanidine groups is 1. The third-order valence-electron chi connectivity index (χ3n) is 1.08. The molecule has 0 rings (SSSR count). The zero-order chi connectivity index (χ0) is 7.98. The van der Waals surface area contributed by atoms with Crippen molar-refractivity contribution < 1.29 is 4.79 Å². The van der Waals surface area contributed by atoms with Gasteiger partial charge in [0.1, 0.15) is 5.78 Å². The molecular weight excluding hydrogens is 130 g/mol. The minimum absolute atomic E-state index is 0.0453. The molecule has 0 heterocycles. The molecule has 4 heteroatoms. The van der Waals surface area contributed by atoms with E-state index >= 15 is 0 Å². The van der Waals surface area contributed by atoms with Crippen LogP contribution in [0.4, 0.5) is 0 Å². The van der Waals surface area contributed by atoms with Gasteiger partial charge in [0, 0.05) is 19.4 Å². The number of ketones is 1. The fourth-order valence-electron chi connectivity index (χ4n) is 0.486. The molecule has 4 nitrogen and oxygen atoms in total. The summed E-state index contributed by atoms with van der Waals surface area (Å²) in [7, 11) is 0. The second-order valence-corrected chi connectivity index (χ2v) is 1.95. The fraction of sp³-hybridized carbons (Fsp3) is 0.667. The number of hydrogen-bond donors (Lipinski definition) is 2. The average molecular weight is 143 g/mol. The van der Waals surface area contributed by atoms with Gasteiger partial charge in [0.05, 0.1) is 0 Å². The van der Waals surface area contributed by atoms with Crippen molar-refractivity contribution in [1.82, 2.24) is 0 Å². The van der Waals surface area contributed by atoms with Crippen molar-refractivity contribution in [2.75, 3.05) is 6.54 Å². The number of Topliss-reactive ketones (excluding diaryl/α,β-unsaturated/α-hetero) is 1. The smallest absolute Gasteiger partial charge is 0.185 e. The molecule has 0 saturated heterocycles. The van der Waals surface area contributed by atoms with Crippen molar-refractivity contribution in [3.05, 3.63) is 0 Å². The van der Waals surface area contributed by atoms with E-state index < -0.39 is 0 Å². The van der Waals surface area contributed by atoms with E-state index in [4.69, 9.17) is 11.5 Å². The van der Waals surface area contributed by atoms with Gasteiger partial charge in [-0.25, -0.2) is 0 Å². The number of nitrogens with zero attached hydrogens (tertiary/aromatic N) is 1. The molecule has 0 atom stereocenters. The van der Waals surface area contributed by atoms with E-state index in [1.165, 1.54) is 0 Å². The largest absolute Gasteiger partial charge is 0.370 e. The van der Waals surface area contributed by atoms with E-state index in [9.17, 15) is 4.79 Å². The molecule has 0 radical (unpaired) electrons. The molecule has 0 fully saturated rings. The Morgan fingerprint density at radius 1 is 1.50 bits per heavy atom. The zero-order valence-corrected chi connectivity index (χ0v) is 6.13. The highest BCUT2D eigenvalue weighted by atomic mass is 16.1. The van der Waals surface area contributed by atoms with Crippen LogP contribution < -0.4 is 11.5 Å². The van der Waals surface area contributed by atoms with Gasteiger partial charge in [-0.3, -0.25) is 9.79 Å². The Kier molecular flexibility index (Phi) is 4.28. The van der Waals surface area contributed by atoms with E-state index in [1.54, 1.807) is 0 Å². The van der Waals surface area contributed by atoms with Crippen LogP contribution in [0.3, 0.4) is 0 Å². The number of hydrogen-bond acceptors (Lipinski definition) is 2. The Bertz CT molecular complexity index is 138. The first kappa shape index (κ1) is 8.94. The molecule has 0 aliphatic heterocycles. The van der Waals surface area contributed by atoms with Crippen LogP contribution >= 0.6 is 0 Å². The highest BCUT2D eigenvalue weighted by molar-refractivity contribution is 5.79. The van der Waals surface area contributed by atoms with Gasteiger partial charge < -0.3 is 11.5 Å². The Labute approximate surface area is 60.3 Å². The van der Waals surface area contributed by atoms with Gasteiger partial charge in [-0.15, -0.1) is 0 Å². The van der Waals surface area contributed by atoms with E-state index in [-0.39, 0.29) is 11.7 Å². The predicted molar refractivity (Wildman–Crippen MR) is 40.6 cm³/mol. The van der Waals surface area contributed by atoms with Crippen LogP contribution in [0.1, 0.15) is 19.8 Å². The molecule has 0 unspecified atom stereocenters. The molecular formula is C6H13N3O. The van der Waals surface area contributed by atoms with E-state index in [0.29, 0.717) is 19.4 Å². The minimum atomic E-state index is 0.0453. The van der Waals surface area contributed by atoms with Gasteiger partial charge in [0.15, 0.2) is 5.96 Å². The maximum Gasteiger partial charge on any atom is 0.185 e. The molecule has 0 aromatic carbocycles. The quantitative estimate of drug-likeness (QED) is 0.416. The Morgan fingerprint density at radius 3 is 2.50 bits per heavy atom. The van der Waals surface area contributed by atoms with Gasteiger partial charge in [0.2, 0.25) is 0 Å². The highest BCUT2D eigenvalue weighted by Gasteiger charge is 1.94. The van der Waals surface area contributed by atoms with Gasteiger partial charge in [-0.1, -0.05) is 6.92 Å². The fourth-order valence-corrected chi connectivity index (χ4v) is 0.486. The van der Waals surface area contributed by atoms with Crippen LogP contribution in [0.2, 0.25) is 0 Å². The molecule has 0 spiro atoms. The third-order valence-corrected chi connectivity index (χ3v) is 1.08. The van der Waals surface area contributed by atoms with Crippen molar-refractivity contribution in [2.24, 2.45) is 16.5 Å². The first-order valence-electron chi connectivity index (χ1n) is 3.24. The summed E-state index contributed by atoms with van der Waals surface area (Å²) in [6.07, 6.45) is 0.994. The maximum absolute atomic E-state index is 10.6. The molecule has 0 saturated carbocycles. The van der Waals surface area contributed by atoms with Crippen molar-refractivity contribution >= 4 is 11.7 Å². The SMILES string of the molecule is CCC(=O)CCN=C(N)N. The van der Waals surface area contributed by atoms with Crippen LogP contribution in [0.5, 0.6) is 0 Å². The zero-order valence-electron chi connectivity index (χ0n) is 6.13. The highest BCUT2D eigenvalue weighted by Crippen LogP contribution is 1.87. The van der Waals surface area contributed by atoms with Crippen molar-refractivity contribution in [1.29, 1.82) is 0 Å². The predicted octanol–water partition coefficient (Wildman–Crippen LogP) is -0.371. The average Bonchev–Trinajstić information content (AvgIpc) is 1.87. The molecule has 0 aromatic heterocycles. The Hall–Kier alpha value is -1.06. The van der Waals surface area contributed by atoms with E-state index in [0.717, 1.165) is 0 Å². The summed E-state index contributed by atoms with van der Waals surface area (Å²) < 4.78 is 0. The first-order chi connectivity index (χ1) is 4.66. The monoisotopic (exact) mass is 143 g/mol. The molecule has 0 aromatic rings. The number of aliphatic imine (C=N–C) groups is 1.